The molecule has 5 unspecified atom stereocenters. The summed E-state index contributed by atoms with van der Waals surface area (Å²) in [5, 5.41) is 0. The zero-order chi connectivity index (χ0) is 9.42. The minimum Gasteiger partial charge on any atom is -0.375 e. The highest BCUT2D eigenvalue weighted by molar-refractivity contribution is 9.09. The Kier molecular flexibility index (Phi) is 2.99. The van der Waals surface area contributed by atoms with Crippen LogP contribution < -0.4 is 0 Å². The van der Waals surface area contributed by atoms with E-state index >= 15 is 0 Å². The molecule has 2 fully saturated rings. The van der Waals surface area contributed by atoms with Gasteiger partial charge in [-0.15, -0.1) is 0 Å². The van der Waals surface area contributed by atoms with Gasteiger partial charge >= 0.3 is 0 Å². The molecule has 0 spiro atoms. The Morgan fingerprint density at radius 2 is 2.23 bits per heavy atom. The molecule has 0 aliphatic carbocycles. The highest BCUT2D eigenvalue weighted by Crippen LogP contribution is 2.44. The van der Waals surface area contributed by atoms with Crippen LogP contribution in [0.25, 0.3) is 0 Å². The number of hydrogen-bond acceptors (Lipinski definition) is 1. The Labute approximate surface area is 89.4 Å². The van der Waals surface area contributed by atoms with Crippen molar-refractivity contribution in [3.63, 3.8) is 0 Å². The lowest BCUT2D eigenvalue weighted by Crippen LogP contribution is -2.28. The minimum absolute atomic E-state index is 0.589. The summed E-state index contributed by atoms with van der Waals surface area (Å²) >= 11 is 3.77. The average molecular weight is 247 g/mol. The minimum atomic E-state index is 0.589. The summed E-state index contributed by atoms with van der Waals surface area (Å²) in [4.78, 5) is 0.681. The largest absolute Gasteiger partial charge is 0.375 e. The molecule has 2 heteroatoms. The van der Waals surface area contributed by atoms with Crippen LogP contribution in [0.2, 0.25) is 0 Å². The highest BCUT2D eigenvalue weighted by atomic mass is 79.9. The van der Waals surface area contributed by atoms with Gasteiger partial charge in [-0.3, -0.25) is 0 Å². The first-order chi connectivity index (χ1) is 6.22. The molecule has 2 aliphatic heterocycles. The first-order valence-corrected chi connectivity index (χ1v) is 6.43. The van der Waals surface area contributed by atoms with Crippen LogP contribution in [0.1, 0.15) is 39.5 Å². The molecule has 13 heavy (non-hydrogen) atoms. The van der Waals surface area contributed by atoms with Gasteiger partial charge in [0.25, 0.3) is 0 Å². The van der Waals surface area contributed by atoms with E-state index in [1.807, 2.05) is 0 Å². The zero-order valence-corrected chi connectivity index (χ0v) is 10.1. The molecule has 2 aliphatic rings. The molecule has 2 saturated heterocycles. The lowest BCUT2D eigenvalue weighted by molar-refractivity contribution is 0.0832. The van der Waals surface area contributed by atoms with Crippen molar-refractivity contribution in [1.29, 1.82) is 0 Å². The first kappa shape index (κ1) is 9.97. The average Bonchev–Trinajstić information content (AvgIpc) is 2.76. The third-order valence-electron chi connectivity index (χ3n) is 3.79. The monoisotopic (exact) mass is 246 g/mol. The van der Waals surface area contributed by atoms with Crippen molar-refractivity contribution in [3.8, 4) is 0 Å². The van der Waals surface area contributed by atoms with Crippen LogP contribution in [0, 0.1) is 11.8 Å². The van der Waals surface area contributed by atoms with E-state index in [1.54, 1.807) is 0 Å². The topological polar surface area (TPSA) is 9.23 Å². The lowest BCUT2D eigenvalue weighted by Gasteiger charge is -2.28. The summed E-state index contributed by atoms with van der Waals surface area (Å²) in [7, 11) is 0. The summed E-state index contributed by atoms with van der Waals surface area (Å²) in [6, 6.07) is 0. The van der Waals surface area contributed by atoms with E-state index < -0.39 is 0 Å². The number of ether oxygens (including phenoxy) is 1. The zero-order valence-electron chi connectivity index (χ0n) is 8.50. The van der Waals surface area contributed by atoms with Crippen LogP contribution in [0.5, 0.6) is 0 Å². The number of rotatable bonds is 3. The van der Waals surface area contributed by atoms with Gasteiger partial charge in [0.2, 0.25) is 0 Å². The molecule has 0 aromatic heterocycles. The van der Waals surface area contributed by atoms with E-state index in [1.165, 1.54) is 25.7 Å². The second-order valence-electron chi connectivity index (χ2n) is 4.56. The van der Waals surface area contributed by atoms with Gasteiger partial charge in [-0.2, -0.15) is 0 Å². The van der Waals surface area contributed by atoms with E-state index in [9.17, 15) is 0 Å². The van der Waals surface area contributed by atoms with E-state index in [0.29, 0.717) is 17.0 Å². The Bertz CT molecular complexity index is 183. The summed E-state index contributed by atoms with van der Waals surface area (Å²) < 4.78 is 5.88. The summed E-state index contributed by atoms with van der Waals surface area (Å²) in [6.07, 6.45) is 6.36. The van der Waals surface area contributed by atoms with Crippen LogP contribution in [0.15, 0.2) is 0 Å². The van der Waals surface area contributed by atoms with Crippen molar-refractivity contribution in [2.45, 2.75) is 56.6 Å². The predicted octanol–water partition coefficient (Wildman–Crippen LogP) is 3.36. The fourth-order valence-corrected chi connectivity index (χ4v) is 3.26. The van der Waals surface area contributed by atoms with Crippen LogP contribution in [0.3, 0.4) is 0 Å². The molecule has 76 valence electrons. The van der Waals surface area contributed by atoms with Crippen molar-refractivity contribution in [2.75, 3.05) is 0 Å². The van der Waals surface area contributed by atoms with Gasteiger partial charge in [-0.25, -0.2) is 0 Å². The molecule has 0 aromatic rings. The second kappa shape index (κ2) is 3.90. The molecule has 5 atom stereocenters. The normalized spacial score (nSPS) is 42.2. The van der Waals surface area contributed by atoms with Gasteiger partial charge in [0.1, 0.15) is 0 Å². The Hall–Kier alpha value is 0.440. The van der Waals surface area contributed by atoms with Crippen molar-refractivity contribution in [3.05, 3.63) is 0 Å². The predicted molar refractivity (Wildman–Crippen MR) is 58.2 cm³/mol. The first-order valence-electron chi connectivity index (χ1n) is 5.52. The van der Waals surface area contributed by atoms with Crippen molar-refractivity contribution < 1.29 is 4.74 Å². The molecule has 2 heterocycles. The number of alkyl halides is 1. The Morgan fingerprint density at radius 1 is 1.46 bits per heavy atom. The van der Waals surface area contributed by atoms with E-state index in [4.69, 9.17) is 4.74 Å². The van der Waals surface area contributed by atoms with Crippen LogP contribution in [-0.2, 0) is 4.74 Å². The molecular weight excluding hydrogens is 228 g/mol. The van der Waals surface area contributed by atoms with Gasteiger partial charge < -0.3 is 4.74 Å². The maximum Gasteiger partial charge on any atom is 0.0611 e. The Morgan fingerprint density at radius 3 is 2.69 bits per heavy atom. The van der Waals surface area contributed by atoms with E-state index in [0.717, 1.165) is 11.8 Å². The lowest BCUT2D eigenvalue weighted by atomic mass is 9.79. The maximum atomic E-state index is 5.88. The SMILES string of the molecule is CCC(Br)C(C)C1CC2CCC1O2. The van der Waals surface area contributed by atoms with Crippen LogP contribution in [0.4, 0.5) is 0 Å². The highest BCUT2D eigenvalue weighted by Gasteiger charge is 2.44. The number of fused-ring (bicyclic) bond motifs is 2. The van der Waals surface area contributed by atoms with Gasteiger partial charge in [-0.1, -0.05) is 29.8 Å². The van der Waals surface area contributed by atoms with Crippen molar-refractivity contribution in [1.82, 2.24) is 0 Å². The summed E-state index contributed by atoms with van der Waals surface area (Å²) in [5.74, 6) is 1.60. The molecule has 1 nitrogen and oxygen atoms in total. The molecule has 0 N–H and O–H groups in total. The second-order valence-corrected chi connectivity index (χ2v) is 5.73. The number of halogens is 1. The van der Waals surface area contributed by atoms with Gasteiger partial charge in [0.15, 0.2) is 0 Å². The van der Waals surface area contributed by atoms with Gasteiger partial charge in [-0.05, 0) is 37.5 Å². The molecule has 2 bridgehead atoms. The molecule has 0 radical (unpaired) electrons. The van der Waals surface area contributed by atoms with E-state index in [2.05, 4.69) is 29.8 Å². The third-order valence-corrected chi connectivity index (χ3v) is 5.27. The van der Waals surface area contributed by atoms with Gasteiger partial charge in [0, 0.05) is 4.83 Å². The molecule has 0 saturated carbocycles. The third kappa shape index (κ3) is 1.80. The molecule has 2 rings (SSSR count). The molecule has 0 amide bonds. The van der Waals surface area contributed by atoms with Crippen molar-refractivity contribution in [2.24, 2.45) is 11.8 Å². The van der Waals surface area contributed by atoms with Crippen LogP contribution >= 0.6 is 15.9 Å². The standard InChI is InChI=1S/C11H19BrO/c1-3-10(12)7(2)9-6-8-4-5-11(9)13-8/h7-11H,3-6H2,1-2H3. The molecular formula is C11H19BrO. The fraction of sp³-hybridized carbons (Fsp3) is 1.00. The van der Waals surface area contributed by atoms with Gasteiger partial charge in [0.05, 0.1) is 12.2 Å². The van der Waals surface area contributed by atoms with E-state index in [-0.39, 0.29) is 0 Å². The maximum absolute atomic E-state index is 5.88. The quantitative estimate of drug-likeness (QED) is 0.695. The van der Waals surface area contributed by atoms with Crippen LogP contribution in [-0.4, -0.2) is 17.0 Å². The van der Waals surface area contributed by atoms with Crippen molar-refractivity contribution >= 4 is 15.9 Å². The summed E-state index contributed by atoms with van der Waals surface area (Å²) in [5.41, 5.74) is 0. The number of hydrogen-bond donors (Lipinski definition) is 0. The summed E-state index contributed by atoms with van der Waals surface area (Å²) in [6.45, 7) is 4.63. The fourth-order valence-electron chi connectivity index (χ4n) is 2.87. The Balaban J connectivity index is 1.94. The molecule has 0 aromatic carbocycles. The smallest absolute Gasteiger partial charge is 0.0611 e.